The van der Waals surface area contributed by atoms with Crippen LogP contribution in [0.5, 0.6) is 0 Å². The number of furan rings is 1. The van der Waals surface area contributed by atoms with Crippen molar-refractivity contribution in [3.8, 4) is 22.3 Å². The van der Waals surface area contributed by atoms with E-state index in [1.807, 2.05) is 48.7 Å². The molecule has 0 radical (unpaired) electrons. The molecule has 5 heteroatoms. The van der Waals surface area contributed by atoms with Gasteiger partial charge in [0.2, 0.25) is 0 Å². The van der Waals surface area contributed by atoms with Crippen LogP contribution in [0.3, 0.4) is 0 Å². The number of rotatable bonds is 5. The van der Waals surface area contributed by atoms with Crippen molar-refractivity contribution in [2.45, 2.75) is 6.17 Å². The lowest BCUT2D eigenvalue weighted by Crippen LogP contribution is -2.33. The molecule has 0 aliphatic carbocycles. The lowest BCUT2D eigenvalue weighted by molar-refractivity contribution is 0.667. The Hall–Kier alpha value is -5.81. The van der Waals surface area contributed by atoms with Crippen LogP contribution < -0.4 is 5.32 Å². The summed E-state index contributed by atoms with van der Waals surface area (Å²) in [6.07, 6.45) is 3.31. The van der Waals surface area contributed by atoms with Crippen LogP contribution in [0, 0.1) is 0 Å². The van der Waals surface area contributed by atoms with E-state index in [4.69, 9.17) is 14.4 Å². The monoisotopic (exact) mass is 554 g/mol. The first-order valence-corrected chi connectivity index (χ1v) is 14.3. The molecule has 7 aromatic rings. The Labute approximate surface area is 248 Å². The van der Waals surface area contributed by atoms with Crippen molar-refractivity contribution in [1.29, 1.82) is 0 Å². The van der Waals surface area contributed by atoms with Crippen molar-refractivity contribution in [2.24, 2.45) is 9.98 Å². The van der Waals surface area contributed by atoms with Gasteiger partial charge < -0.3 is 9.73 Å². The van der Waals surface area contributed by atoms with Crippen LogP contribution in [0.15, 0.2) is 160 Å². The number of aromatic nitrogens is 1. The minimum Gasteiger partial charge on any atom is -0.456 e. The molecule has 43 heavy (non-hydrogen) atoms. The van der Waals surface area contributed by atoms with Crippen LogP contribution in [0.25, 0.3) is 44.2 Å². The quantitative estimate of drug-likeness (QED) is 0.231. The molecule has 5 aromatic carbocycles. The highest BCUT2D eigenvalue weighted by molar-refractivity contribution is 6.21. The van der Waals surface area contributed by atoms with E-state index in [1.165, 1.54) is 11.1 Å². The molecule has 0 saturated heterocycles. The highest BCUT2D eigenvalue weighted by atomic mass is 16.3. The summed E-state index contributed by atoms with van der Waals surface area (Å²) in [6, 6.07) is 45.8. The van der Waals surface area contributed by atoms with Crippen LogP contribution in [0.4, 0.5) is 0 Å². The Morgan fingerprint density at radius 1 is 0.558 bits per heavy atom. The summed E-state index contributed by atoms with van der Waals surface area (Å²) >= 11 is 0. The molecule has 5 nitrogen and oxygen atoms in total. The molecule has 1 aliphatic rings. The van der Waals surface area contributed by atoms with Crippen LogP contribution in [-0.2, 0) is 0 Å². The molecule has 204 valence electrons. The van der Waals surface area contributed by atoms with E-state index in [9.17, 15) is 0 Å². The summed E-state index contributed by atoms with van der Waals surface area (Å²) in [5.74, 6) is 1.42. The molecular formula is C38H26N4O. The first-order chi connectivity index (χ1) is 21.3. The lowest BCUT2D eigenvalue weighted by atomic mass is 9.99. The Bertz CT molecular complexity index is 2130. The molecule has 0 saturated carbocycles. The number of fused-ring (bicyclic) bond motifs is 3. The Morgan fingerprint density at radius 2 is 1.19 bits per heavy atom. The Kier molecular flexibility index (Phi) is 6.12. The van der Waals surface area contributed by atoms with Crippen LogP contribution in [-0.4, -0.2) is 16.7 Å². The van der Waals surface area contributed by atoms with E-state index in [-0.39, 0.29) is 6.17 Å². The fourth-order valence-electron chi connectivity index (χ4n) is 5.69. The molecule has 1 unspecified atom stereocenters. The van der Waals surface area contributed by atoms with E-state index in [0.29, 0.717) is 5.84 Å². The zero-order valence-corrected chi connectivity index (χ0v) is 23.2. The maximum absolute atomic E-state index is 6.14. The second-order valence-electron chi connectivity index (χ2n) is 10.5. The minimum atomic E-state index is -0.291. The molecule has 1 N–H and O–H groups in total. The normalized spacial score (nSPS) is 14.7. The Balaban J connectivity index is 1.18. The predicted octanol–water partition coefficient (Wildman–Crippen LogP) is 8.81. The third-order valence-electron chi connectivity index (χ3n) is 7.88. The van der Waals surface area contributed by atoms with E-state index >= 15 is 0 Å². The number of nitrogens with one attached hydrogen (secondary N) is 1. The number of hydrogen-bond acceptors (Lipinski definition) is 5. The SMILES string of the molecule is c1ccc(-c2ccc(-c3ccc(C4=NC(c5ccccc5)NC(c5cccc6oc7ccncc7c56)=N4)cc3)cc2)cc1. The van der Waals surface area contributed by atoms with Crippen LogP contribution in [0.2, 0.25) is 0 Å². The number of nitrogens with zero attached hydrogens (tertiary/aromatic N) is 3. The zero-order chi connectivity index (χ0) is 28.6. The summed E-state index contributed by atoms with van der Waals surface area (Å²) in [7, 11) is 0. The van der Waals surface area contributed by atoms with Gasteiger partial charge >= 0.3 is 0 Å². The fraction of sp³-hybridized carbons (Fsp3) is 0.0263. The third-order valence-corrected chi connectivity index (χ3v) is 7.88. The second kappa shape index (κ2) is 10.5. The molecule has 8 rings (SSSR count). The molecule has 0 bridgehead atoms. The summed E-state index contributed by atoms with van der Waals surface area (Å²) < 4.78 is 6.14. The first kappa shape index (κ1) is 24.9. The van der Waals surface area contributed by atoms with E-state index < -0.39 is 0 Å². The number of amidine groups is 2. The molecule has 2 aromatic heterocycles. The van der Waals surface area contributed by atoms with Gasteiger partial charge in [0, 0.05) is 34.3 Å². The fourth-order valence-corrected chi connectivity index (χ4v) is 5.69. The summed E-state index contributed by atoms with van der Waals surface area (Å²) in [5, 5.41) is 5.53. The minimum absolute atomic E-state index is 0.291. The smallest absolute Gasteiger partial charge is 0.159 e. The molecule has 1 atom stereocenters. The molecular weight excluding hydrogens is 528 g/mol. The van der Waals surface area contributed by atoms with Gasteiger partial charge in [0.05, 0.1) is 0 Å². The lowest BCUT2D eigenvalue weighted by Gasteiger charge is -2.24. The van der Waals surface area contributed by atoms with Gasteiger partial charge in [-0.1, -0.05) is 121 Å². The molecule has 0 spiro atoms. The topological polar surface area (TPSA) is 62.8 Å². The van der Waals surface area contributed by atoms with Crippen molar-refractivity contribution in [3.05, 3.63) is 163 Å². The maximum atomic E-state index is 6.14. The van der Waals surface area contributed by atoms with Gasteiger partial charge in [0.1, 0.15) is 23.2 Å². The first-order valence-electron chi connectivity index (χ1n) is 14.3. The van der Waals surface area contributed by atoms with Gasteiger partial charge in [-0.05, 0) is 39.9 Å². The van der Waals surface area contributed by atoms with Crippen LogP contribution in [0.1, 0.15) is 22.9 Å². The van der Waals surface area contributed by atoms with Crippen molar-refractivity contribution in [2.75, 3.05) is 0 Å². The van der Waals surface area contributed by atoms with Crippen molar-refractivity contribution in [1.82, 2.24) is 10.3 Å². The van der Waals surface area contributed by atoms with Gasteiger partial charge in [-0.3, -0.25) is 4.98 Å². The molecule has 0 fully saturated rings. The second-order valence-corrected chi connectivity index (χ2v) is 10.5. The predicted molar refractivity (Wildman–Crippen MR) is 174 cm³/mol. The zero-order valence-electron chi connectivity index (χ0n) is 23.2. The summed E-state index contributed by atoms with van der Waals surface area (Å²) in [5.41, 5.74) is 9.29. The number of pyridine rings is 1. The van der Waals surface area contributed by atoms with Gasteiger partial charge in [0.15, 0.2) is 5.84 Å². The van der Waals surface area contributed by atoms with Crippen molar-refractivity contribution >= 4 is 33.6 Å². The number of aliphatic imine (C=N–C) groups is 2. The molecule has 0 amide bonds. The van der Waals surface area contributed by atoms with E-state index in [2.05, 4.69) is 101 Å². The van der Waals surface area contributed by atoms with E-state index in [0.717, 1.165) is 55.6 Å². The summed E-state index contributed by atoms with van der Waals surface area (Å²) in [6.45, 7) is 0. The van der Waals surface area contributed by atoms with Crippen molar-refractivity contribution in [3.63, 3.8) is 0 Å². The summed E-state index contributed by atoms with van der Waals surface area (Å²) in [4.78, 5) is 14.5. The number of benzene rings is 5. The van der Waals surface area contributed by atoms with Crippen molar-refractivity contribution < 1.29 is 4.42 Å². The highest BCUT2D eigenvalue weighted by Gasteiger charge is 2.23. The Morgan fingerprint density at radius 3 is 1.88 bits per heavy atom. The average molecular weight is 555 g/mol. The van der Waals surface area contributed by atoms with Gasteiger partial charge in [-0.15, -0.1) is 0 Å². The van der Waals surface area contributed by atoms with E-state index in [1.54, 1.807) is 6.20 Å². The largest absolute Gasteiger partial charge is 0.456 e. The standard InChI is InChI=1S/C38H26N4O/c1-3-8-25(9-4-1)26-14-16-27(17-15-26)28-18-20-30(21-19-28)37-40-36(29-10-5-2-6-11-29)41-38(42-37)31-12-7-13-34-35(31)32-24-39-23-22-33(32)43-34/h1-24,36H,(H,40,41,42). The molecule has 3 heterocycles. The van der Waals surface area contributed by atoms with Gasteiger partial charge in [0.25, 0.3) is 0 Å². The molecule has 1 aliphatic heterocycles. The van der Waals surface area contributed by atoms with Gasteiger partial charge in [-0.2, -0.15) is 0 Å². The third kappa shape index (κ3) is 4.67. The van der Waals surface area contributed by atoms with Crippen LogP contribution >= 0.6 is 0 Å². The average Bonchev–Trinajstić information content (AvgIpc) is 3.48. The highest BCUT2D eigenvalue weighted by Crippen LogP contribution is 2.33. The maximum Gasteiger partial charge on any atom is 0.159 e. The number of hydrogen-bond donors (Lipinski definition) is 1. The van der Waals surface area contributed by atoms with Gasteiger partial charge in [-0.25, -0.2) is 9.98 Å².